The van der Waals surface area contributed by atoms with Crippen molar-refractivity contribution in [1.82, 2.24) is 20.0 Å². The smallest absolute Gasteiger partial charge is 0.238 e. The monoisotopic (exact) mass is 390 g/mol. The fourth-order valence-corrected chi connectivity index (χ4v) is 3.87. The normalized spacial score (nSPS) is 18.1. The van der Waals surface area contributed by atoms with E-state index in [0.29, 0.717) is 12.5 Å². The van der Waals surface area contributed by atoms with Crippen LogP contribution in [0.3, 0.4) is 0 Å². The van der Waals surface area contributed by atoms with E-state index in [1.54, 1.807) is 12.1 Å². The molecule has 1 atom stereocenters. The van der Waals surface area contributed by atoms with Crippen molar-refractivity contribution in [2.75, 3.05) is 19.6 Å². The first-order valence-electron chi connectivity index (χ1n) is 9.00. The molecule has 0 bridgehead atoms. The summed E-state index contributed by atoms with van der Waals surface area (Å²) in [4.78, 5) is 7.05. The molecule has 1 aliphatic rings. The first-order valence-corrected chi connectivity index (χ1v) is 10.5. The Morgan fingerprint density at radius 3 is 2.93 bits per heavy atom. The van der Waals surface area contributed by atoms with Crippen molar-refractivity contribution in [3.05, 3.63) is 47.8 Å². The molecule has 1 aliphatic heterocycles. The average Bonchev–Trinajstić information content (AvgIpc) is 3.27. The second-order valence-electron chi connectivity index (χ2n) is 6.74. The topological polar surface area (TPSA) is 106 Å². The summed E-state index contributed by atoms with van der Waals surface area (Å²) in [6, 6.07) is 6.60. The molecule has 0 amide bonds. The molecule has 3 rings (SSSR count). The molecular formula is C18H26N6O2S. The van der Waals surface area contributed by atoms with E-state index in [-0.39, 0.29) is 4.90 Å². The van der Waals surface area contributed by atoms with Crippen molar-refractivity contribution >= 4 is 16.0 Å². The number of nitrogens with two attached hydrogens (primary N) is 1. The van der Waals surface area contributed by atoms with Crippen molar-refractivity contribution in [1.29, 1.82) is 0 Å². The lowest BCUT2D eigenvalue weighted by Crippen LogP contribution is -2.40. The van der Waals surface area contributed by atoms with Crippen molar-refractivity contribution in [2.45, 2.75) is 30.7 Å². The van der Waals surface area contributed by atoms with E-state index >= 15 is 0 Å². The highest BCUT2D eigenvalue weighted by atomic mass is 32.2. The molecule has 8 nitrogen and oxygen atoms in total. The Balaban J connectivity index is 1.72. The summed E-state index contributed by atoms with van der Waals surface area (Å²) in [6.45, 7) is 4.99. The standard InChI is InChI=1S/C18H26N6O2S/c1-3-20-18(21-10-14-5-4-6-17(9-14)27(19,25)26)24-8-7-15(13-24)16-11-22-23(2)12-16/h4-6,9,11-12,15H,3,7-8,10,13H2,1-2H3,(H,20,21)(H2,19,25,26). The zero-order chi connectivity index (χ0) is 19.4. The minimum Gasteiger partial charge on any atom is -0.357 e. The molecule has 3 N–H and O–H groups in total. The first-order chi connectivity index (χ1) is 12.9. The van der Waals surface area contributed by atoms with Gasteiger partial charge in [0.1, 0.15) is 0 Å². The summed E-state index contributed by atoms with van der Waals surface area (Å²) >= 11 is 0. The Morgan fingerprint density at radius 2 is 2.26 bits per heavy atom. The number of benzene rings is 1. The van der Waals surface area contributed by atoms with Gasteiger partial charge in [-0.2, -0.15) is 5.10 Å². The van der Waals surface area contributed by atoms with Crippen molar-refractivity contribution in [2.24, 2.45) is 17.2 Å². The van der Waals surface area contributed by atoms with E-state index in [1.165, 1.54) is 11.6 Å². The van der Waals surface area contributed by atoms with Crippen LogP contribution in [0.1, 0.15) is 30.4 Å². The molecule has 2 heterocycles. The van der Waals surface area contributed by atoms with E-state index in [2.05, 4.69) is 21.5 Å². The maximum atomic E-state index is 11.5. The number of guanidine groups is 1. The largest absolute Gasteiger partial charge is 0.357 e. The number of aliphatic imine (C=N–C) groups is 1. The fraction of sp³-hybridized carbons (Fsp3) is 0.444. The van der Waals surface area contributed by atoms with E-state index < -0.39 is 10.0 Å². The molecule has 146 valence electrons. The predicted octanol–water partition coefficient (Wildman–Crippen LogP) is 1.02. The molecule has 0 radical (unpaired) electrons. The molecular weight excluding hydrogens is 364 g/mol. The van der Waals surface area contributed by atoms with Crippen molar-refractivity contribution in [3.63, 3.8) is 0 Å². The quantitative estimate of drug-likeness (QED) is 0.586. The van der Waals surface area contributed by atoms with Gasteiger partial charge in [-0.15, -0.1) is 0 Å². The highest BCUT2D eigenvalue weighted by Gasteiger charge is 2.26. The van der Waals surface area contributed by atoms with Gasteiger partial charge in [0.05, 0.1) is 17.6 Å². The number of nitrogens with zero attached hydrogens (tertiary/aromatic N) is 4. The van der Waals surface area contributed by atoms with E-state index in [1.807, 2.05) is 30.9 Å². The number of aryl methyl sites for hydroxylation is 1. The van der Waals surface area contributed by atoms with Crippen LogP contribution in [0.15, 0.2) is 46.5 Å². The molecule has 0 spiro atoms. The third-order valence-corrected chi connectivity index (χ3v) is 5.57. The lowest BCUT2D eigenvalue weighted by Gasteiger charge is -2.21. The Labute approximate surface area is 160 Å². The van der Waals surface area contributed by atoms with Gasteiger partial charge in [-0.1, -0.05) is 12.1 Å². The molecule has 0 aliphatic carbocycles. The Morgan fingerprint density at radius 1 is 1.44 bits per heavy atom. The highest BCUT2D eigenvalue weighted by Crippen LogP contribution is 2.26. The summed E-state index contributed by atoms with van der Waals surface area (Å²) < 4.78 is 24.9. The maximum absolute atomic E-state index is 11.5. The van der Waals surface area contributed by atoms with Crippen LogP contribution in [-0.4, -0.2) is 48.7 Å². The summed E-state index contributed by atoms with van der Waals surface area (Å²) in [7, 11) is -1.78. The third kappa shape index (κ3) is 4.86. The molecule has 27 heavy (non-hydrogen) atoms. The Hall–Kier alpha value is -2.39. The molecule has 1 unspecified atom stereocenters. The van der Waals surface area contributed by atoms with Crippen LogP contribution in [-0.2, 0) is 23.6 Å². The molecule has 1 saturated heterocycles. The predicted molar refractivity (Wildman–Crippen MR) is 105 cm³/mol. The van der Waals surface area contributed by atoms with E-state index in [4.69, 9.17) is 10.1 Å². The first kappa shape index (κ1) is 19.4. The summed E-state index contributed by atoms with van der Waals surface area (Å²) in [5.41, 5.74) is 2.05. The maximum Gasteiger partial charge on any atom is 0.238 e. The third-order valence-electron chi connectivity index (χ3n) is 4.66. The fourth-order valence-electron chi connectivity index (χ4n) is 3.29. The lowest BCUT2D eigenvalue weighted by molar-refractivity contribution is 0.486. The zero-order valence-electron chi connectivity index (χ0n) is 15.7. The number of hydrogen-bond donors (Lipinski definition) is 2. The van der Waals surface area contributed by atoms with Gasteiger partial charge < -0.3 is 10.2 Å². The zero-order valence-corrected chi connectivity index (χ0v) is 16.5. The minimum atomic E-state index is -3.71. The number of sulfonamides is 1. The van der Waals surface area contributed by atoms with Gasteiger partial charge in [0.25, 0.3) is 0 Å². The lowest BCUT2D eigenvalue weighted by atomic mass is 10.0. The second-order valence-corrected chi connectivity index (χ2v) is 8.30. The second kappa shape index (κ2) is 8.10. The van der Waals surface area contributed by atoms with Gasteiger partial charge in [0, 0.05) is 38.8 Å². The minimum absolute atomic E-state index is 0.109. The van der Waals surface area contributed by atoms with Crippen LogP contribution < -0.4 is 10.5 Å². The molecule has 0 saturated carbocycles. The number of aromatic nitrogens is 2. The number of rotatable bonds is 5. The molecule has 9 heteroatoms. The molecule has 2 aromatic rings. The number of primary sulfonamides is 1. The molecule has 1 aromatic carbocycles. The van der Waals surface area contributed by atoms with Crippen LogP contribution in [0.4, 0.5) is 0 Å². The van der Waals surface area contributed by atoms with Crippen molar-refractivity contribution < 1.29 is 8.42 Å². The molecule has 1 fully saturated rings. The summed E-state index contributed by atoms with van der Waals surface area (Å²) in [5, 5.41) is 12.8. The van der Waals surface area contributed by atoms with Gasteiger partial charge in [-0.3, -0.25) is 4.68 Å². The number of likely N-dealkylation sites (tertiary alicyclic amines) is 1. The van der Waals surface area contributed by atoms with Crippen molar-refractivity contribution in [3.8, 4) is 0 Å². The van der Waals surface area contributed by atoms with E-state index in [0.717, 1.165) is 37.6 Å². The summed E-state index contributed by atoms with van der Waals surface area (Å²) in [5.74, 6) is 1.28. The Kier molecular flexibility index (Phi) is 5.81. The SMILES string of the molecule is CCNC(=NCc1cccc(S(N)(=O)=O)c1)N1CCC(c2cnn(C)c2)C1. The van der Waals surface area contributed by atoms with Gasteiger partial charge in [0.15, 0.2) is 5.96 Å². The van der Waals surface area contributed by atoms with Gasteiger partial charge in [-0.05, 0) is 36.6 Å². The van der Waals surface area contributed by atoms with Crippen LogP contribution in [0.5, 0.6) is 0 Å². The van der Waals surface area contributed by atoms with Crippen LogP contribution >= 0.6 is 0 Å². The highest BCUT2D eigenvalue weighted by molar-refractivity contribution is 7.89. The number of nitrogens with one attached hydrogen (secondary N) is 1. The van der Waals surface area contributed by atoms with Gasteiger partial charge in [-0.25, -0.2) is 18.5 Å². The van der Waals surface area contributed by atoms with E-state index in [9.17, 15) is 8.42 Å². The Bertz CT molecular complexity index is 921. The van der Waals surface area contributed by atoms with Crippen LogP contribution in [0.25, 0.3) is 0 Å². The van der Waals surface area contributed by atoms with Gasteiger partial charge >= 0.3 is 0 Å². The average molecular weight is 391 g/mol. The van der Waals surface area contributed by atoms with Crippen LogP contribution in [0.2, 0.25) is 0 Å². The van der Waals surface area contributed by atoms with Crippen LogP contribution in [0, 0.1) is 0 Å². The van der Waals surface area contributed by atoms with Gasteiger partial charge in [0.2, 0.25) is 10.0 Å². The molecule has 1 aromatic heterocycles. The summed E-state index contributed by atoms with van der Waals surface area (Å²) in [6.07, 6.45) is 5.05. The number of hydrogen-bond acceptors (Lipinski definition) is 4.